The van der Waals surface area contributed by atoms with E-state index in [2.05, 4.69) is 10.6 Å². The number of nitrogens with one attached hydrogen (secondary N) is 2. The molecule has 0 aliphatic carbocycles. The van der Waals surface area contributed by atoms with Crippen LogP contribution in [0.5, 0.6) is 0 Å². The van der Waals surface area contributed by atoms with Gasteiger partial charge >= 0.3 is 0 Å². The van der Waals surface area contributed by atoms with Crippen LogP contribution in [0, 0.1) is 17.5 Å². The number of hydrogen-bond donors (Lipinski definition) is 2. The van der Waals surface area contributed by atoms with Crippen LogP contribution in [-0.4, -0.2) is 11.8 Å². The summed E-state index contributed by atoms with van der Waals surface area (Å²) in [7, 11) is 0. The Kier molecular flexibility index (Phi) is 5.21. The second kappa shape index (κ2) is 7.74. The van der Waals surface area contributed by atoms with E-state index >= 15 is 0 Å². The summed E-state index contributed by atoms with van der Waals surface area (Å²) in [5.74, 6) is -3.54. The van der Waals surface area contributed by atoms with Gasteiger partial charge in [-0.05, 0) is 54.6 Å². The number of carbonyl (C=O) groups is 2. The first-order valence-electron chi connectivity index (χ1n) is 7.86. The average molecular weight is 370 g/mol. The third-order valence-corrected chi connectivity index (χ3v) is 3.69. The first-order valence-corrected chi connectivity index (χ1v) is 7.86. The summed E-state index contributed by atoms with van der Waals surface area (Å²) in [5.41, 5.74) is 0.0127. The molecule has 2 N–H and O–H groups in total. The molecule has 3 aromatic carbocycles. The van der Waals surface area contributed by atoms with E-state index in [0.717, 1.165) is 12.1 Å². The maximum atomic E-state index is 13.7. The van der Waals surface area contributed by atoms with Crippen molar-refractivity contribution in [2.75, 3.05) is 10.6 Å². The summed E-state index contributed by atoms with van der Waals surface area (Å²) in [6, 6.07) is 14.0. The molecule has 0 aliphatic heterocycles. The molecule has 0 fully saturated rings. The van der Waals surface area contributed by atoms with Crippen molar-refractivity contribution in [3.8, 4) is 0 Å². The number of para-hydroxylation sites is 1. The normalized spacial score (nSPS) is 10.3. The monoisotopic (exact) mass is 370 g/mol. The standard InChI is InChI=1S/C20H13F3N2O2/c21-14-7-9-15(10-8-14)24-19(26)12-3-1-4-13(11-12)20(27)25-18-16(22)5-2-6-17(18)23/h1-11H,(H,24,26)(H,25,27). The predicted octanol–water partition coefficient (Wildman–Crippen LogP) is 4.61. The van der Waals surface area contributed by atoms with Crippen molar-refractivity contribution in [2.24, 2.45) is 0 Å². The summed E-state index contributed by atoms with van der Waals surface area (Å²) in [5, 5.41) is 4.72. The van der Waals surface area contributed by atoms with E-state index in [1.165, 1.54) is 54.6 Å². The number of amides is 2. The molecule has 0 radical (unpaired) electrons. The van der Waals surface area contributed by atoms with Gasteiger partial charge in [-0.1, -0.05) is 12.1 Å². The average Bonchev–Trinajstić information content (AvgIpc) is 2.66. The Morgan fingerprint density at radius 3 is 1.78 bits per heavy atom. The smallest absolute Gasteiger partial charge is 0.255 e. The Morgan fingerprint density at radius 2 is 1.19 bits per heavy atom. The minimum Gasteiger partial charge on any atom is -0.322 e. The van der Waals surface area contributed by atoms with Crippen LogP contribution in [0.15, 0.2) is 66.7 Å². The highest BCUT2D eigenvalue weighted by molar-refractivity contribution is 6.08. The summed E-state index contributed by atoms with van der Waals surface area (Å²) < 4.78 is 40.2. The summed E-state index contributed by atoms with van der Waals surface area (Å²) in [4.78, 5) is 24.6. The van der Waals surface area contributed by atoms with Crippen molar-refractivity contribution in [1.29, 1.82) is 0 Å². The minimum atomic E-state index is -0.909. The Morgan fingerprint density at radius 1 is 0.667 bits per heavy atom. The Hall–Kier alpha value is -3.61. The highest BCUT2D eigenvalue weighted by Crippen LogP contribution is 2.19. The van der Waals surface area contributed by atoms with Crippen molar-refractivity contribution >= 4 is 23.2 Å². The van der Waals surface area contributed by atoms with Crippen LogP contribution in [-0.2, 0) is 0 Å². The molecule has 27 heavy (non-hydrogen) atoms. The molecular formula is C20H13F3N2O2. The number of halogens is 3. The first-order chi connectivity index (χ1) is 12.9. The van der Waals surface area contributed by atoms with Crippen molar-refractivity contribution in [3.63, 3.8) is 0 Å². The zero-order chi connectivity index (χ0) is 19.4. The fourth-order valence-corrected chi connectivity index (χ4v) is 2.34. The maximum Gasteiger partial charge on any atom is 0.255 e. The quantitative estimate of drug-likeness (QED) is 0.705. The van der Waals surface area contributed by atoms with Gasteiger partial charge in [-0.3, -0.25) is 9.59 Å². The predicted molar refractivity (Wildman–Crippen MR) is 95.1 cm³/mol. The van der Waals surface area contributed by atoms with Gasteiger partial charge in [0.15, 0.2) is 0 Å². The van der Waals surface area contributed by atoms with E-state index < -0.39 is 35.0 Å². The molecular weight excluding hydrogens is 357 g/mol. The van der Waals surface area contributed by atoms with Gasteiger partial charge in [-0.15, -0.1) is 0 Å². The van der Waals surface area contributed by atoms with Gasteiger partial charge in [-0.25, -0.2) is 13.2 Å². The lowest BCUT2D eigenvalue weighted by molar-refractivity contribution is 0.102. The van der Waals surface area contributed by atoms with E-state index in [4.69, 9.17) is 0 Å². The fraction of sp³-hybridized carbons (Fsp3) is 0. The van der Waals surface area contributed by atoms with Crippen molar-refractivity contribution in [2.45, 2.75) is 0 Å². The summed E-state index contributed by atoms with van der Waals surface area (Å²) in [6.45, 7) is 0. The van der Waals surface area contributed by atoms with Crippen LogP contribution < -0.4 is 10.6 Å². The molecule has 0 aliphatic rings. The van der Waals surface area contributed by atoms with Gasteiger partial charge in [0, 0.05) is 16.8 Å². The van der Waals surface area contributed by atoms with Crippen molar-refractivity contribution < 1.29 is 22.8 Å². The molecule has 3 rings (SSSR count). The fourth-order valence-electron chi connectivity index (χ4n) is 2.34. The molecule has 0 atom stereocenters. The van der Waals surface area contributed by atoms with Crippen molar-refractivity contribution in [1.82, 2.24) is 0 Å². The second-order valence-corrected chi connectivity index (χ2v) is 5.59. The summed E-state index contributed by atoms with van der Waals surface area (Å²) >= 11 is 0. The second-order valence-electron chi connectivity index (χ2n) is 5.59. The minimum absolute atomic E-state index is 0.0457. The van der Waals surface area contributed by atoms with E-state index in [1.807, 2.05) is 0 Å². The van der Waals surface area contributed by atoms with E-state index in [0.29, 0.717) is 5.69 Å². The van der Waals surface area contributed by atoms with E-state index in [-0.39, 0.29) is 11.1 Å². The number of hydrogen-bond acceptors (Lipinski definition) is 2. The Labute approximate surface area is 152 Å². The van der Waals surface area contributed by atoms with E-state index in [9.17, 15) is 22.8 Å². The number of rotatable bonds is 4. The van der Waals surface area contributed by atoms with Gasteiger partial charge < -0.3 is 10.6 Å². The SMILES string of the molecule is O=C(Nc1ccc(F)cc1)c1cccc(C(=O)Nc2c(F)cccc2F)c1. The zero-order valence-corrected chi connectivity index (χ0v) is 13.8. The van der Waals surface area contributed by atoms with Gasteiger partial charge in [0.2, 0.25) is 0 Å². The third-order valence-electron chi connectivity index (χ3n) is 3.69. The molecule has 136 valence electrons. The molecule has 7 heteroatoms. The molecule has 2 amide bonds. The topological polar surface area (TPSA) is 58.2 Å². The van der Waals surface area contributed by atoms with E-state index in [1.54, 1.807) is 0 Å². The first kappa shape index (κ1) is 18.2. The van der Waals surface area contributed by atoms with Gasteiger partial charge in [-0.2, -0.15) is 0 Å². The van der Waals surface area contributed by atoms with Gasteiger partial charge in [0.25, 0.3) is 11.8 Å². The number of carbonyl (C=O) groups excluding carboxylic acids is 2. The molecule has 0 bridgehead atoms. The zero-order valence-electron chi connectivity index (χ0n) is 13.8. The van der Waals surface area contributed by atoms with Gasteiger partial charge in [0.1, 0.15) is 23.1 Å². The number of anilines is 2. The Balaban J connectivity index is 1.77. The van der Waals surface area contributed by atoms with Crippen LogP contribution in [0.25, 0.3) is 0 Å². The molecule has 0 saturated heterocycles. The molecule has 3 aromatic rings. The molecule has 0 heterocycles. The highest BCUT2D eigenvalue weighted by Gasteiger charge is 2.15. The third kappa shape index (κ3) is 4.33. The van der Waals surface area contributed by atoms with Crippen molar-refractivity contribution in [3.05, 3.63) is 95.3 Å². The van der Waals surface area contributed by atoms with Crippen LogP contribution in [0.2, 0.25) is 0 Å². The van der Waals surface area contributed by atoms with Crippen LogP contribution in [0.3, 0.4) is 0 Å². The number of benzene rings is 3. The largest absolute Gasteiger partial charge is 0.322 e. The molecule has 0 spiro atoms. The molecule has 0 saturated carbocycles. The molecule has 4 nitrogen and oxygen atoms in total. The lowest BCUT2D eigenvalue weighted by Crippen LogP contribution is -2.16. The Bertz CT molecular complexity index is 984. The molecule has 0 unspecified atom stereocenters. The van der Waals surface area contributed by atoms with Gasteiger partial charge in [0.05, 0.1) is 0 Å². The van der Waals surface area contributed by atoms with Crippen LogP contribution in [0.4, 0.5) is 24.5 Å². The lowest BCUT2D eigenvalue weighted by Gasteiger charge is -2.09. The van der Waals surface area contributed by atoms with Crippen LogP contribution >= 0.6 is 0 Å². The molecule has 0 aromatic heterocycles. The lowest BCUT2D eigenvalue weighted by atomic mass is 10.1. The maximum absolute atomic E-state index is 13.7. The van der Waals surface area contributed by atoms with Crippen LogP contribution in [0.1, 0.15) is 20.7 Å². The summed E-state index contributed by atoms with van der Waals surface area (Å²) in [6.07, 6.45) is 0. The highest BCUT2D eigenvalue weighted by atomic mass is 19.1.